The van der Waals surface area contributed by atoms with Crippen LogP contribution in [0.5, 0.6) is 5.75 Å². The van der Waals surface area contributed by atoms with Crippen molar-refractivity contribution < 1.29 is 9.90 Å². The number of phenolic OH excluding ortho intramolecular Hbond substituents is 1. The van der Waals surface area contributed by atoms with E-state index >= 15 is 0 Å². The van der Waals surface area contributed by atoms with Crippen LogP contribution in [0.4, 0.5) is 5.69 Å². The van der Waals surface area contributed by atoms with Crippen molar-refractivity contribution in [2.45, 2.75) is 20.8 Å². The van der Waals surface area contributed by atoms with Crippen LogP contribution in [0.2, 0.25) is 0 Å². The zero-order valence-corrected chi connectivity index (χ0v) is 18.0. The quantitative estimate of drug-likeness (QED) is 0.480. The van der Waals surface area contributed by atoms with Gasteiger partial charge in [-0.1, -0.05) is 23.8 Å². The van der Waals surface area contributed by atoms with Gasteiger partial charge in [0.1, 0.15) is 5.75 Å². The Balaban J connectivity index is 1.96. The van der Waals surface area contributed by atoms with Gasteiger partial charge in [0.2, 0.25) is 0 Å². The lowest BCUT2D eigenvalue weighted by Crippen LogP contribution is -2.23. The van der Waals surface area contributed by atoms with Crippen LogP contribution in [-0.4, -0.2) is 28.1 Å². The van der Waals surface area contributed by atoms with E-state index in [4.69, 9.17) is 4.99 Å². The van der Waals surface area contributed by atoms with Crippen LogP contribution >= 0.6 is 34.4 Å². The number of aryl methyl sites for hydroxylation is 3. The number of thioether (sulfide) groups is 1. The number of carbonyl (C=O) groups excluding carboxylic acids is 1. The molecule has 2 aromatic carbocycles. The summed E-state index contributed by atoms with van der Waals surface area (Å²) in [6.07, 6.45) is 1.84. The summed E-state index contributed by atoms with van der Waals surface area (Å²) in [7, 11) is 1.74. The molecule has 1 aliphatic heterocycles. The van der Waals surface area contributed by atoms with Gasteiger partial charge < -0.3 is 5.11 Å². The van der Waals surface area contributed by atoms with Gasteiger partial charge in [0.15, 0.2) is 5.17 Å². The molecule has 0 aliphatic carbocycles. The third-order valence-corrected chi connectivity index (χ3v) is 6.04. The number of benzene rings is 2. The van der Waals surface area contributed by atoms with Crippen molar-refractivity contribution in [1.29, 1.82) is 0 Å². The fourth-order valence-electron chi connectivity index (χ4n) is 2.86. The number of nitrogens with zero attached hydrogens (tertiary/aromatic N) is 2. The van der Waals surface area contributed by atoms with Gasteiger partial charge in [-0.25, -0.2) is 4.99 Å². The van der Waals surface area contributed by atoms with E-state index in [1.54, 1.807) is 24.1 Å². The van der Waals surface area contributed by atoms with Crippen LogP contribution in [-0.2, 0) is 4.79 Å². The van der Waals surface area contributed by atoms with E-state index in [-0.39, 0.29) is 11.7 Å². The molecule has 2 aromatic rings. The number of rotatable bonds is 2. The van der Waals surface area contributed by atoms with E-state index in [1.807, 2.05) is 26.0 Å². The lowest BCUT2D eigenvalue weighted by atomic mass is 10.1. The van der Waals surface area contributed by atoms with Crippen LogP contribution in [0, 0.1) is 24.3 Å². The maximum Gasteiger partial charge on any atom is 0.266 e. The highest BCUT2D eigenvalue weighted by Gasteiger charge is 2.30. The Morgan fingerprint density at radius 3 is 2.42 bits per heavy atom. The molecule has 3 rings (SSSR count). The Morgan fingerprint density at radius 2 is 1.81 bits per heavy atom. The molecule has 0 aromatic heterocycles. The molecule has 1 amide bonds. The number of amides is 1. The Labute approximate surface area is 171 Å². The average Bonchev–Trinajstić information content (AvgIpc) is 2.82. The normalized spacial score (nSPS) is 17.6. The Bertz CT molecular complexity index is 943. The number of carbonyl (C=O) groups is 1. The molecule has 1 saturated heterocycles. The van der Waals surface area contributed by atoms with Gasteiger partial charge in [0.05, 0.1) is 14.2 Å². The molecular weight excluding hydrogens is 459 g/mol. The van der Waals surface area contributed by atoms with Crippen LogP contribution in [0.15, 0.2) is 40.2 Å². The molecule has 6 heteroatoms. The molecule has 26 heavy (non-hydrogen) atoms. The first kappa shape index (κ1) is 19.0. The molecule has 4 nitrogen and oxygen atoms in total. The summed E-state index contributed by atoms with van der Waals surface area (Å²) in [6.45, 7) is 6.14. The summed E-state index contributed by atoms with van der Waals surface area (Å²) in [5.74, 6) is 0.169. The first-order chi connectivity index (χ1) is 12.3. The molecule has 0 spiro atoms. The van der Waals surface area contributed by atoms with Crippen LogP contribution in [0.25, 0.3) is 6.08 Å². The van der Waals surface area contributed by atoms with E-state index in [2.05, 4.69) is 41.6 Å². The van der Waals surface area contributed by atoms with Gasteiger partial charge in [-0.15, -0.1) is 0 Å². The van der Waals surface area contributed by atoms with Crippen molar-refractivity contribution >= 4 is 57.2 Å². The van der Waals surface area contributed by atoms with Crippen molar-refractivity contribution in [2.24, 2.45) is 4.99 Å². The fraction of sp³-hybridized carbons (Fsp3) is 0.200. The Hall–Kier alpha value is -1.80. The summed E-state index contributed by atoms with van der Waals surface area (Å²) >= 11 is 3.44. The van der Waals surface area contributed by atoms with E-state index in [9.17, 15) is 9.90 Å². The van der Waals surface area contributed by atoms with Gasteiger partial charge in [-0.05, 0) is 90.0 Å². The zero-order valence-electron chi connectivity index (χ0n) is 15.0. The maximum atomic E-state index is 12.6. The van der Waals surface area contributed by atoms with Crippen molar-refractivity contribution in [3.63, 3.8) is 0 Å². The maximum absolute atomic E-state index is 12.6. The predicted molar refractivity (Wildman–Crippen MR) is 117 cm³/mol. The van der Waals surface area contributed by atoms with E-state index in [1.165, 1.54) is 17.3 Å². The van der Waals surface area contributed by atoms with Crippen molar-refractivity contribution in [2.75, 3.05) is 7.05 Å². The fourth-order valence-corrected chi connectivity index (χ4v) is 4.37. The number of aromatic hydroxyl groups is 1. The number of halogens is 1. The predicted octanol–water partition coefficient (Wildman–Crippen LogP) is 5.16. The summed E-state index contributed by atoms with van der Waals surface area (Å²) in [6, 6.07) is 9.48. The first-order valence-electron chi connectivity index (χ1n) is 8.09. The molecule has 0 atom stereocenters. The number of likely N-dealkylation sites (N-methyl/N-ethyl adjacent to an activating group) is 1. The first-order valence-corrected chi connectivity index (χ1v) is 9.98. The minimum atomic E-state index is -0.0701. The highest BCUT2D eigenvalue weighted by molar-refractivity contribution is 14.1. The molecule has 1 fully saturated rings. The molecule has 0 unspecified atom stereocenters. The van der Waals surface area contributed by atoms with Gasteiger partial charge in [0, 0.05) is 7.05 Å². The number of hydrogen-bond donors (Lipinski definition) is 1. The van der Waals surface area contributed by atoms with E-state index < -0.39 is 0 Å². The number of aliphatic imine (C=N–C) groups is 1. The topological polar surface area (TPSA) is 52.9 Å². The Morgan fingerprint density at radius 1 is 1.15 bits per heavy atom. The van der Waals surface area contributed by atoms with E-state index in [0.717, 1.165) is 25.9 Å². The van der Waals surface area contributed by atoms with Gasteiger partial charge in [0.25, 0.3) is 5.91 Å². The van der Waals surface area contributed by atoms with Crippen LogP contribution < -0.4 is 0 Å². The van der Waals surface area contributed by atoms with Crippen molar-refractivity contribution in [3.05, 3.63) is 61.1 Å². The highest BCUT2D eigenvalue weighted by Crippen LogP contribution is 2.35. The molecule has 0 bridgehead atoms. The van der Waals surface area contributed by atoms with Gasteiger partial charge in [-0.3, -0.25) is 9.69 Å². The molecule has 0 radical (unpaired) electrons. The second-order valence-electron chi connectivity index (χ2n) is 6.33. The molecule has 1 N–H and O–H groups in total. The SMILES string of the molecule is Cc1cc(C)c(N=C2S/C(=C\c3ccc(O)c(I)c3)C(=O)N2C)c(C)c1. The zero-order chi connectivity index (χ0) is 19.0. The largest absolute Gasteiger partial charge is 0.507 e. The number of amidine groups is 1. The number of phenols is 1. The molecule has 1 aliphatic rings. The highest BCUT2D eigenvalue weighted by atomic mass is 127. The van der Waals surface area contributed by atoms with Crippen LogP contribution in [0.3, 0.4) is 0 Å². The monoisotopic (exact) mass is 478 g/mol. The standard InChI is InChI=1S/C20H19IN2O2S/c1-11-7-12(2)18(13(3)8-11)22-20-23(4)19(25)17(26-20)10-14-5-6-16(24)15(21)9-14/h5-10,24H,1-4H3/b17-10-,22-20?. The average molecular weight is 478 g/mol. The minimum Gasteiger partial charge on any atom is -0.507 e. The lowest BCUT2D eigenvalue weighted by molar-refractivity contribution is -0.121. The summed E-state index contributed by atoms with van der Waals surface area (Å²) in [4.78, 5) is 19.6. The number of hydrogen-bond acceptors (Lipinski definition) is 4. The molecule has 134 valence electrons. The van der Waals surface area contributed by atoms with Crippen molar-refractivity contribution in [1.82, 2.24) is 4.90 Å². The summed E-state index contributed by atoms with van der Waals surface area (Å²) in [5, 5.41) is 10.3. The van der Waals surface area contributed by atoms with E-state index in [0.29, 0.717) is 10.1 Å². The van der Waals surface area contributed by atoms with Gasteiger partial charge in [-0.2, -0.15) is 0 Å². The second kappa shape index (κ2) is 7.44. The minimum absolute atomic E-state index is 0.0701. The smallest absolute Gasteiger partial charge is 0.266 e. The molecular formula is C20H19IN2O2S. The Kier molecular flexibility index (Phi) is 5.43. The third-order valence-electron chi connectivity index (χ3n) is 4.12. The molecule has 1 heterocycles. The third kappa shape index (κ3) is 3.81. The lowest BCUT2D eigenvalue weighted by Gasteiger charge is -2.11. The van der Waals surface area contributed by atoms with Crippen molar-refractivity contribution in [3.8, 4) is 5.75 Å². The summed E-state index contributed by atoms with van der Waals surface area (Å²) < 4.78 is 0.751. The van der Waals surface area contributed by atoms with Crippen LogP contribution in [0.1, 0.15) is 22.3 Å². The van der Waals surface area contributed by atoms with Gasteiger partial charge >= 0.3 is 0 Å². The summed E-state index contributed by atoms with van der Waals surface area (Å²) in [5.41, 5.74) is 5.19. The second-order valence-corrected chi connectivity index (χ2v) is 8.50. The molecule has 0 saturated carbocycles.